The van der Waals surface area contributed by atoms with Gasteiger partial charge in [0.05, 0.1) is 4.90 Å². The van der Waals surface area contributed by atoms with Crippen molar-refractivity contribution in [1.29, 1.82) is 0 Å². The van der Waals surface area contributed by atoms with E-state index in [1.807, 2.05) is 23.1 Å². The molecule has 8 heteroatoms. The van der Waals surface area contributed by atoms with Gasteiger partial charge in [-0.1, -0.05) is 12.8 Å². The summed E-state index contributed by atoms with van der Waals surface area (Å²) in [5.74, 6) is 0.0519. The van der Waals surface area contributed by atoms with E-state index in [9.17, 15) is 18.0 Å². The van der Waals surface area contributed by atoms with Gasteiger partial charge >= 0.3 is 0 Å². The summed E-state index contributed by atoms with van der Waals surface area (Å²) in [4.78, 5) is 27.5. The van der Waals surface area contributed by atoms with Gasteiger partial charge in [0, 0.05) is 43.5 Å². The van der Waals surface area contributed by atoms with Crippen molar-refractivity contribution in [2.45, 2.75) is 37.0 Å². The van der Waals surface area contributed by atoms with Gasteiger partial charge in [-0.15, -0.1) is 0 Å². The van der Waals surface area contributed by atoms with Crippen LogP contribution in [-0.2, 0) is 21.2 Å². The van der Waals surface area contributed by atoms with Gasteiger partial charge in [-0.05, 0) is 67.3 Å². The highest BCUT2D eigenvalue weighted by molar-refractivity contribution is 7.89. The first kappa shape index (κ1) is 21.5. The molecule has 1 fully saturated rings. The summed E-state index contributed by atoms with van der Waals surface area (Å²) < 4.78 is 25.5. The molecule has 164 valence electrons. The molecule has 0 aromatic heterocycles. The molecule has 31 heavy (non-hydrogen) atoms. The van der Waals surface area contributed by atoms with Crippen LogP contribution in [0.1, 0.15) is 41.6 Å². The predicted octanol–water partition coefficient (Wildman–Crippen LogP) is 3.27. The summed E-state index contributed by atoms with van der Waals surface area (Å²) in [6.45, 7) is 0.684. The van der Waals surface area contributed by atoms with Gasteiger partial charge in [0.15, 0.2) is 0 Å². The van der Waals surface area contributed by atoms with E-state index >= 15 is 0 Å². The Kier molecular flexibility index (Phi) is 5.85. The molecule has 2 aromatic rings. The maximum atomic E-state index is 12.8. The number of sulfonamides is 1. The third-order valence-electron chi connectivity index (χ3n) is 6.10. The lowest BCUT2D eigenvalue weighted by molar-refractivity contribution is -0.122. The summed E-state index contributed by atoms with van der Waals surface area (Å²) in [7, 11) is -0.605. The van der Waals surface area contributed by atoms with Crippen LogP contribution in [0.2, 0.25) is 0 Å². The monoisotopic (exact) mass is 441 g/mol. The Hall–Kier alpha value is -2.71. The van der Waals surface area contributed by atoms with Gasteiger partial charge in [-0.3, -0.25) is 9.59 Å². The highest BCUT2D eigenvalue weighted by Gasteiger charge is 2.31. The molecule has 0 spiro atoms. The number of hydrogen-bond donors (Lipinski definition) is 1. The zero-order valence-electron chi connectivity index (χ0n) is 17.8. The van der Waals surface area contributed by atoms with Crippen LogP contribution in [0.4, 0.5) is 11.4 Å². The van der Waals surface area contributed by atoms with Gasteiger partial charge in [-0.2, -0.15) is 0 Å². The summed E-state index contributed by atoms with van der Waals surface area (Å²) in [5.41, 5.74) is 3.02. The molecule has 0 bridgehead atoms. The quantitative estimate of drug-likeness (QED) is 0.772. The molecule has 1 heterocycles. The first-order chi connectivity index (χ1) is 14.8. The van der Waals surface area contributed by atoms with E-state index in [1.54, 1.807) is 0 Å². The number of carbonyl (C=O) groups excluding carboxylic acids is 2. The number of nitrogens with one attached hydrogen (secondary N) is 1. The second-order valence-electron chi connectivity index (χ2n) is 8.33. The number of carbonyl (C=O) groups is 2. The van der Waals surface area contributed by atoms with Crippen LogP contribution in [0.5, 0.6) is 0 Å². The van der Waals surface area contributed by atoms with E-state index in [0.717, 1.165) is 47.7 Å². The van der Waals surface area contributed by atoms with Gasteiger partial charge in [-0.25, -0.2) is 12.7 Å². The lowest BCUT2D eigenvalue weighted by Crippen LogP contribution is -2.33. The van der Waals surface area contributed by atoms with Crippen LogP contribution in [0.3, 0.4) is 0 Å². The van der Waals surface area contributed by atoms with E-state index < -0.39 is 10.0 Å². The first-order valence-electron chi connectivity index (χ1n) is 10.6. The van der Waals surface area contributed by atoms with E-state index in [1.165, 1.54) is 38.4 Å². The van der Waals surface area contributed by atoms with E-state index in [4.69, 9.17) is 0 Å². The van der Waals surface area contributed by atoms with Crippen LogP contribution in [0, 0.1) is 5.92 Å². The molecule has 7 nitrogen and oxygen atoms in total. The average Bonchev–Trinajstić information content (AvgIpc) is 3.43. The molecule has 1 saturated carbocycles. The Morgan fingerprint density at radius 2 is 1.71 bits per heavy atom. The maximum absolute atomic E-state index is 12.8. The Labute approximate surface area is 183 Å². The SMILES string of the molecule is CN(C)S(=O)(=O)c1ccc(C(=O)Nc2ccc3c(c2)CCN3C(=O)C2CCCC2)cc1. The summed E-state index contributed by atoms with van der Waals surface area (Å²) in [5, 5.41) is 2.87. The van der Waals surface area contributed by atoms with Crippen LogP contribution < -0.4 is 10.2 Å². The highest BCUT2D eigenvalue weighted by Crippen LogP contribution is 2.35. The fraction of sp³-hybridized carbons (Fsp3) is 0.391. The van der Waals surface area contributed by atoms with Crippen molar-refractivity contribution < 1.29 is 18.0 Å². The zero-order chi connectivity index (χ0) is 22.2. The molecule has 1 aliphatic heterocycles. The topological polar surface area (TPSA) is 86.8 Å². The molecule has 2 amide bonds. The Balaban J connectivity index is 1.46. The van der Waals surface area contributed by atoms with Crippen LogP contribution in [-0.4, -0.2) is 45.2 Å². The molecule has 1 N–H and O–H groups in total. The van der Waals surface area contributed by atoms with Crippen molar-refractivity contribution in [2.24, 2.45) is 5.92 Å². The standard InChI is InChI=1S/C23H27N3O4S/c1-25(2)31(29,30)20-10-7-16(8-11-20)22(27)24-19-9-12-21-18(15-19)13-14-26(21)23(28)17-5-3-4-6-17/h7-12,15,17H,3-6,13-14H2,1-2H3,(H,24,27). The number of nitrogens with zero attached hydrogens (tertiary/aromatic N) is 2. The Morgan fingerprint density at radius 3 is 2.35 bits per heavy atom. The lowest BCUT2D eigenvalue weighted by atomic mass is 10.1. The first-order valence-corrected chi connectivity index (χ1v) is 12.0. The largest absolute Gasteiger partial charge is 0.322 e. The third-order valence-corrected chi connectivity index (χ3v) is 7.93. The summed E-state index contributed by atoms with van der Waals surface area (Å²) >= 11 is 0. The fourth-order valence-corrected chi connectivity index (χ4v) is 5.20. The highest BCUT2D eigenvalue weighted by atomic mass is 32.2. The third kappa shape index (κ3) is 4.22. The number of fused-ring (bicyclic) bond motifs is 1. The second kappa shape index (κ2) is 8.43. The van der Waals surface area contributed by atoms with E-state index in [0.29, 0.717) is 17.8 Å². The fourth-order valence-electron chi connectivity index (χ4n) is 4.29. The molecule has 2 aliphatic rings. The van der Waals surface area contributed by atoms with Crippen molar-refractivity contribution in [1.82, 2.24) is 4.31 Å². The Morgan fingerprint density at radius 1 is 1.03 bits per heavy atom. The minimum absolute atomic E-state index is 0.138. The number of amides is 2. The van der Waals surface area contributed by atoms with Crippen molar-refractivity contribution in [3.8, 4) is 0 Å². The molecule has 4 rings (SSSR count). The van der Waals surface area contributed by atoms with Crippen molar-refractivity contribution in [3.63, 3.8) is 0 Å². The van der Waals surface area contributed by atoms with Gasteiger partial charge in [0.2, 0.25) is 15.9 Å². The van der Waals surface area contributed by atoms with Crippen molar-refractivity contribution in [2.75, 3.05) is 30.9 Å². The number of benzene rings is 2. The minimum Gasteiger partial charge on any atom is -0.322 e. The Bertz CT molecular complexity index is 1100. The molecule has 0 atom stereocenters. The lowest BCUT2D eigenvalue weighted by Gasteiger charge is -2.21. The van der Waals surface area contributed by atoms with Crippen molar-refractivity contribution >= 4 is 33.2 Å². The number of rotatable bonds is 5. The molecule has 0 radical (unpaired) electrons. The molecular weight excluding hydrogens is 414 g/mol. The zero-order valence-corrected chi connectivity index (χ0v) is 18.6. The molecule has 1 aliphatic carbocycles. The molecule has 0 unspecified atom stereocenters. The van der Waals surface area contributed by atoms with Gasteiger partial charge < -0.3 is 10.2 Å². The van der Waals surface area contributed by atoms with Crippen LogP contribution >= 0.6 is 0 Å². The summed E-state index contributed by atoms with van der Waals surface area (Å²) in [6.07, 6.45) is 4.99. The number of anilines is 2. The molecule has 2 aromatic carbocycles. The molecule has 0 saturated heterocycles. The van der Waals surface area contributed by atoms with Crippen LogP contribution in [0.25, 0.3) is 0 Å². The number of hydrogen-bond acceptors (Lipinski definition) is 4. The van der Waals surface area contributed by atoms with Crippen LogP contribution in [0.15, 0.2) is 47.4 Å². The maximum Gasteiger partial charge on any atom is 0.255 e. The second-order valence-corrected chi connectivity index (χ2v) is 10.5. The summed E-state index contributed by atoms with van der Waals surface area (Å²) in [6, 6.07) is 11.5. The normalized spacial score (nSPS) is 16.5. The molecular formula is C23H27N3O4S. The smallest absolute Gasteiger partial charge is 0.255 e. The van der Waals surface area contributed by atoms with E-state index in [2.05, 4.69) is 5.32 Å². The van der Waals surface area contributed by atoms with Crippen molar-refractivity contribution in [3.05, 3.63) is 53.6 Å². The average molecular weight is 442 g/mol. The predicted molar refractivity (Wildman–Crippen MR) is 120 cm³/mol. The minimum atomic E-state index is -3.53. The van der Waals surface area contributed by atoms with Gasteiger partial charge in [0.25, 0.3) is 5.91 Å². The van der Waals surface area contributed by atoms with E-state index in [-0.39, 0.29) is 22.6 Å². The van der Waals surface area contributed by atoms with Gasteiger partial charge in [0.1, 0.15) is 0 Å².